The molecule has 5 heteroatoms. The lowest BCUT2D eigenvalue weighted by Gasteiger charge is -2.36. The van der Waals surface area contributed by atoms with E-state index < -0.39 is 0 Å². The number of amides is 2. The summed E-state index contributed by atoms with van der Waals surface area (Å²) in [4.78, 5) is 19.2. The molecule has 0 bridgehead atoms. The first kappa shape index (κ1) is 17.6. The van der Waals surface area contributed by atoms with Crippen molar-refractivity contribution in [2.24, 2.45) is 5.92 Å². The van der Waals surface area contributed by atoms with Gasteiger partial charge in [-0.1, -0.05) is 13.0 Å². The van der Waals surface area contributed by atoms with Gasteiger partial charge in [0.1, 0.15) is 5.65 Å². The molecule has 4 rings (SSSR count). The minimum atomic E-state index is -0.0109. The highest BCUT2D eigenvalue weighted by molar-refractivity contribution is 5.90. The zero-order chi connectivity index (χ0) is 19.0. The third kappa shape index (κ3) is 3.54. The van der Waals surface area contributed by atoms with Gasteiger partial charge >= 0.3 is 6.03 Å². The van der Waals surface area contributed by atoms with Crippen LogP contribution in [-0.4, -0.2) is 32.9 Å². The number of piperidine rings is 1. The van der Waals surface area contributed by atoms with E-state index in [1.54, 1.807) is 0 Å². The average Bonchev–Trinajstić information content (AvgIpc) is 3.11. The van der Waals surface area contributed by atoms with Gasteiger partial charge in [0.25, 0.3) is 0 Å². The molecule has 1 aliphatic heterocycles. The molecule has 2 aromatic heterocycles. The second kappa shape index (κ2) is 7.06. The number of urea groups is 1. The Bertz CT molecular complexity index is 977. The number of carbonyl (C=O) groups is 1. The second-order valence-corrected chi connectivity index (χ2v) is 7.75. The van der Waals surface area contributed by atoms with Crippen LogP contribution in [0, 0.1) is 12.8 Å². The van der Waals surface area contributed by atoms with E-state index in [0.29, 0.717) is 5.92 Å². The van der Waals surface area contributed by atoms with Crippen molar-refractivity contribution in [1.29, 1.82) is 0 Å². The second-order valence-electron chi connectivity index (χ2n) is 7.75. The Labute approximate surface area is 160 Å². The van der Waals surface area contributed by atoms with Crippen LogP contribution in [0.5, 0.6) is 0 Å². The number of hydrogen-bond acceptors (Lipinski definition) is 2. The molecule has 2 amide bonds. The summed E-state index contributed by atoms with van der Waals surface area (Å²) in [6, 6.07) is 10.3. The molecule has 5 nitrogen and oxygen atoms in total. The summed E-state index contributed by atoms with van der Waals surface area (Å²) < 4.78 is 2.01. The van der Waals surface area contributed by atoms with E-state index in [1.165, 1.54) is 0 Å². The van der Waals surface area contributed by atoms with Crippen molar-refractivity contribution in [3.05, 3.63) is 54.5 Å². The van der Waals surface area contributed by atoms with Crippen LogP contribution in [0.4, 0.5) is 10.5 Å². The number of likely N-dealkylation sites (tertiary alicyclic amines) is 1. The van der Waals surface area contributed by atoms with Gasteiger partial charge in [0.15, 0.2) is 0 Å². The quantitative estimate of drug-likeness (QED) is 0.700. The molecule has 1 fully saturated rings. The summed E-state index contributed by atoms with van der Waals surface area (Å²) in [5.41, 5.74) is 5.01. The lowest BCUT2D eigenvalue weighted by atomic mass is 9.94. The Morgan fingerprint density at radius 1 is 1.26 bits per heavy atom. The van der Waals surface area contributed by atoms with Crippen LogP contribution in [0.1, 0.15) is 32.3 Å². The Hall–Kier alpha value is -2.82. The monoisotopic (exact) mass is 362 g/mol. The van der Waals surface area contributed by atoms with Gasteiger partial charge in [-0.25, -0.2) is 9.78 Å². The third-order valence-electron chi connectivity index (χ3n) is 5.57. The molecule has 2 atom stereocenters. The molecule has 3 heterocycles. The number of nitrogens with one attached hydrogen (secondary N) is 1. The molecular formula is C22H26N4O. The summed E-state index contributed by atoms with van der Waals surface area (Å²) in [5.74, 6) is 0.686. The fourth-order valence-corrected chi connectivity index (χ4v) is 3.98. The number of carbonyl (C=O) groups excluding carboxylic acids is 1. The number of aryl methyl sites for hydroxylation is 1. The Morgan fingerprint density at radius 2 is 2.11 bits per heavy atom. The average molecular weight is 362 g/mol. The lowest BCUT2D eigenvalue weighted by Crippen LogP contribution is -2.46. The smallest absolute Gasteiger partial charge is 0.322 e. The third-order valence-corrected chi connectivity index (χ3v) is 5.57. The molecule has 27 heavy (non-hydrogen) atoms. The van der Waals surface area contributed by atoms with Gasteiger partial charge in [-0.3, -0.25) is 0 Å². The van der Waals surface area contributed by atoms with Gasteiger partial charge in [-0.15, -0.1) is 0 Å². The Morgan fingerprint density at radius 3 is 2.93 bits per heavy atom. The standard InChI is InChI=1S/C22H26N4O/c1-15-8-10-26(17(3)11-15)22(27)24-19-7-6-16(2)20(12-19)18-13-23-21-5-4-9-25(21)14-18/h4-7,9,12-15,17H,8,10-11H2,1-3H3,(H,24,27). The Kier molecular flexibility index (Phi) is 4.60. The van der Waals surface area contributed by atoms with Crippen molar-refractivity contribution in [3.63, 3.8) is 0 Å². The zero-order valence-electron chi connectivity index (χ0n) is 16.1. The Balaban J connectivity index is 1.57. The number of fused-ring (bicyclic) bond motifs is 1. The summed E-state index contributed by atoms with van der Waals surface area (Å²) in [5, 5.41) is 3.09. The van der Waals surface area contributed by atoms with Crippen molar-refractivity contribution < 1.29 is 4.79 Å². The molecule has 0 saturated carbocycles. The number of benzene rings is 1. The predicted molar refractivity (Wildman–Crippen MR) is 109 cm³/mol. The van der Waals surface area contributed by atoms with Crippen LogP contribution < -0.4 is 5.32 Å². The molecule has 2 unspecified atom stereocenters. The highest BCUT2D eigenvalue weighted by atomic mass is 16.2. The summed E-state index contributed by atoms with van der Waals surface area (Å²) >= 11 is 0. The molecule has 1 aliphatic rings. The fourth-order valence-electron chi connectivity index (χ4n) is 3.98. The van der Waals surface area contributed by atoms with Crippen LogP contribution in [0.3, 0.4) is 0 Å². The molecule has 0 spiro atoms. The maximum atomic E-state index is 12.8. The molecule has 3 aromatic rings. The van der Waals surface area contributed by atoms with Crippen molar-refractivity contribution in [3.8, 4) is 11.1 Å². The largest absolute Gasteiger partial charge is 0.322 e. The number of rotatable bonds is 2. The van der Waals surface area contributed by atoms with E-state index in [4.69, 9.17) is 0 Å². The summed E-state index contributed by atoms with van der Waals surface area (Å²) in [7, 11) is 0. The van der Waals surface area contributed by atoms with E-state index in [0.717, 1.165) is 47.4 Å². The molecule has 0 aliphatic carbocycles. The fraction of sp³-hybridized carbons (Fsp3) is 0.364. The van der Waals surface area contributed by atoms with Gasteiger partial charge < -0.3 is 14.6 Å². The maximum Gasteiger partial charge on any atom is 0.322 e. The van der Waals surface area contributed by atoms with Crippen molar-refractivity contribution in [2.45, 2.75) is 39.7 Å². The van der Waals surface area contributed by atoms with E-state index in [9.17, 15) is 4.79 Å². The first-order valence-corrected chi connectivity index (χ1v) is 9.62. The van der Waals surface area contributed by atoms with Crippen molar-refractivity contribution >= 4 is 17.4 Å². The van der Waals surface area contributed by atoms with Crippen molar-refractivity contribution in [1.82, 2.24) is 14.3 Å². The highest BCUT2D eigenvalue weighted by Gasteiger charge is 2.26. The maximum absolute atomic E-state index is 12.8. The van der Waals surface area contributed by atoms with Gasteiger partial charge in [0.2, 0.25) is 0 Å². The minimum Gasteiger partial charge on any atom is -0.322 e. The molecule has 0 radical (unpaired) electrons. The molecule has 1 saturated heterocycles. The summed E-state index contributed by atoms with van der Waals surface area (Å²) in [6.45, 7) is 7.29. The van der Waals surface area contributed by atoms with Crippen LogP contribution in [0.2, 0.25) is 0 Å². The highest BCUT2D eigenvalue weighted by Crippen LogP contribution is 2.28. The van der Waals surface area contributed by atoms with Crippen molar-refractivity contribution in [2.75, 3.05) is 11.9 Å². The van der Waals surface area contributed by atoms with Crippen LogP contribution in [0.15, 0.2) is 48.9 Å². The van der Waals surface area contributed by atoms with E-state index in [-0.39, 0.29) is 12.1 Å². The molecule has 1 aromatic carbocycles. The van der Waals surface area contributed by atoms with Crippen LogP contribution in [-0.2, 0) is 0 Å². The lowest BCUT2D eigenvalue weighted by molar-refractivity contribution is 0.150. The number of aromatic nitrogens is 2. The molecule has 1 N–H and O–H groups in total. The van der Waals surface area contributed by atoms with Crippen LogP contribution >= 0.6 is 0 Å². The SMILES string of the molecule is Cc1ccc(NC(=O)N2CCC(C)CC2C)cc1-c1cnc2cccn2c1. The van der Waals surface area contributed by atoms with Gasteiger partial charge in [-0.2, -0.15) is 0 Å². The normalized spacial score (nSPS) is 20.0. The van der Waals surface area contributed by atoms with Crippen LogP contribution in [0.25, 0.3) is 16.8 Å². The number of hydrogen-bond donors (Lipinski definition) is 1. The summed E-state index contributed by atoms with van der Waals surface area (Å²) in [6.07, 6.45) is 8.09. The predicted octanol–water partition coefficient (Wildman–Crippen LogP) is 4.96. The van der Waals surface area contributed by atoms with Gasteiger partial charge in [-0.05, 0) is 68.0 Å². The van der Waals surface area contributed by atoms with E-state index in [2.05, 4.69) is 37.3 Å². The topological polar surface area (TPSA) is 49.6 Å². The number of nitrogens with zero attached hydrogens (tertiary/aromatic N) is 3. The zero-order valence-corrected chi connectivity index (χ0v) is 16.1. The number of anilines is 1. The van der Waals surface area contributed by atoms with E-state index >= 15 is 0 Å². The molecule has 140 valence electrons. The first-order valence-electron chi connectivity index (χ1n) is 9.62. The first-order chi connectivity index (χ1) is 13.0. The van der Waals surface area contributed by atoms with Gasteiger partial charge in [0.05, 0.1) is 0 Å². The van der Waals surface area contributed by atoms with E-state index in [1.807, 2.05) is 52.0 Å². The van der Waals surface area contributed by atoms with Gasteiger partial charge in [0, 0.05) is 42.4 Å². The minimum absolute atomic E-state index is 0.0109. The molecular weight excluding hydrogens is 336 g/mol.